The molecular weight excluding hydrogens is 1010 g/mol. The lowest BCUT2D eigenvalue weighted by molar-refractivity contribution is 0.854. The molecule has 1 nitrogen and oxygen atoms in total. The lowest BCUT2D eigenvalue weighted by Crippen LogP contribution is -2.07. The van der Waals surface area contributed by atoms with Gasteiger partial charge in [0.05, 0.1) is 11.0 Å². The molecule has 0 saturated carbocycles. The molecule has 12 aromatic carbocycles. The first-order chi connectivity index (χ1) is 40.1. The molecule has 3 aromatic heterocycles. The molecule has 0 radical (unpaired) electrons. The van der Waals surface area contributed by atoms with E-state index in [0.717, 1.165) is 24.9 Å². The molecule has 0 aliphatic heterocycles. The topological polar surface area (TPSA) is 4.93 Å². The SMILES string of the molecule is C1=CC(c2ccc3sc4c(-c5ccc6c7ccc(C8CC(c9ccccc9)=Cc9c8sc8ccc(-c%10ccccc%10)cc98)cc7n(-c7ccc8c9ccccc9c9ccccc9c8c7)c6c5)cc(-c5ccccc5)cc4c3c2)=CCC1. The zero-order valence-corrected chi connectivity index (χ0v) is 46.0. The average molecular weight is 1070 g/mol. The van der Waals surface area contributed by atoms with Gasteiger partial charge in [-0.25, -0.2) is 0 Å². The molecule has 81 heavy (non-hydrogen) atoms. The smallest absolute Gasteiger partial charge is 0.0547 e. The monoisotopic (exact) mass is 1070 g/mol. The summed E-state index contributed by atoms with van der Waals surface area (Å²) in [7, 11) is 0. The molecule has 0 saturated heterocycles. The predicted molar refractivity (Wildman–Crippen MR) is 351 cm³/mol. The fourth-order valence-corrected chi connectivity index (χ4v) is 16.1. The van der Waals surface area contributed by atoms with E-state index in [-0.39, 0.29) is 5.92 Å². The summed E-state index contributed by atoms with van der Waals surface area (Å²) in [5.74, 6) is 0.157. The molecule has 1 atom stereocenters. The van der Waals surface area contributed by atoms with Gasteiger partial charge in [-0.15, -0.1) is 22.7 Å². The van der Waals surface area contributed by atoms with Crippen LogP contribution < -0.4 is 0 Å². The van der Waals surface area contributed by atoms with E-state index in [1.807, 2.05) is 22.7 Å². The molecule has 0 N–H and O–H groups in total. The predicted octanol–water partition coefficient (Wildman–Crippen LogP) is 22.6. The number of hydrogen-bond donors (Lipinski definition) is 0. The van der Waals surface area contributed by atoms with Crippen molar-refractivity contribution < 1.29 is 0 Å². The van der Waals surface area contributed by atoms with Crippen molar-refractivity contribution in [3.63, 3.8) is 0 Å². The van der Waals surface area contributed by atoms with E-state index in [0.29, 0.717) is 0 Å². The Morgan fingerprint density at radius 2 is 0.951 bits per heavy atom. The number of hydrogen-bond acceptors (Lipinski definition) is 2. The van der Waals surface area contributed by atoms with E-state index in [4.69, 9.17) is 0 Å². The molecular formula is C78H51NS2. The zero-order valence-electron chi connectivity index (χ0n) is 44.4. The van der Waals surface area contributed by atoms with Gasteiger partial charge in [-0.2, -0.15) is 0 Å². The zero-order chi connectivity index (χ0) is 53.1. The second-order valence-corrected chi connectivity index (χ2v) is 24.3. The van der Waals surface area contributed by atoms with E-state index in [2.05, 4.69) is 272 Å². The van der Waals surface area contributed by atoms with Crippen LogP contribution in [-0.4, -0.2) is 4.57 Å². The summed E-state index contributed by atoms with van der Waals surface area (Å²) in [5, 5.41) is 14.1. The minimum absolute atomic E-state index is 0.157. The van der Waals surface area contributed by atoms with E-state index in [1.54, 1.807) is 0 Å². The number of rotatable bonds is 7. The molecule has 0 bridgehead atoms. The number of nitrogens with zero attached hydrogens (tertiary/aromatic N) is 1. The van der Waals surface area contributed by atoms with Crippen molar-refractivity contribution in [2.75, 3.05) is 0 Å². The van der Waals surface area contributed by atoms with Gasteiger partial charge in [0.2, 0.25) is 0 Å². The highest BCUT2D eigenvalue weighted by Crippen LogP contribution is 2.51. The lowest BCUT2D eigenvalue weighted by Gasteiger charge is -2.25. The summed E-state index contributed by atoms with van der Waals surface area (Å²) in [6, 6.07) is 91.8. The minimum atomic E-state index is 0.157. The van der Waals surface area contributed by atoms with Crippen LogP contribution in [0.4, 0.5) is 0 Å². The van der Waals surface area contributed by atoms with Crippen LogP contribution in [-0.2, 0) is 0 Å². The third-order valence-corrected chi connectivity index (χ3v) is 20.1. The van der Waals surface area contributed by atoms with Gasteiger partial charge in [-0.1, -0.05) is 200 Å². The highest BCUT2D eigenvalue weighted by Gasteiger charge is 2.29. The van der Waals surface area contributed by atoms with Gasteiger partial charge in [0, 0.05) is 63.1 Å². The lowest BCUT2D eigenvalue weighted by atomic mass is 9.81. The number of aromatic nitrogens is 1. The fourth-order valence-electron chi connectivity index (χ4n) is 13.7. The van der Waals surface area contributed by atoms with Crippen LogP contribution in [0.15, 0.2) is 261 Å². The normalized spacial score (nSPS) is 14.5. The second kappa shape index (κ2) is 18.6. The Morgan fingerprint density at radius 3 is 1.67 bits per heavy atom. The molecule has 380 valence electrons. The fraction of sp³-hybridized carbons (Fsp3) is 0.0513. The van der Waals surface area contributed by atoms with Crippen LogP contribution in [0.1, 0.15) is 52.3 Å². The van der Waals surface area contributed by atoms with Crippen molar-refractivity contribution in [3.05, 3.63) is 288 Å². The van der Waals surface area contributed by atoms with Gasteiger partial charge in [0.25, 0.3) is 0 Å². The Hall–Kier alpha value is -9.38. The highest BCUT2D eigenvalue weighted by molar-refractivity contribution is 7.26. The van der Waals surface area contributed by atoms with Gasteiger partial charge in [0.15, 0.2) is 0 Å². The van der Waals surface area contributed by atoms with E-state index >= 15 is 0 Å². The number of thiophene rings is 2. The van der Waals surface area contributed by atoms with Crippen LogP contribution in [0.2, 0.25) is 0 Å². The summed E-state index contributed by atoms with van der Waals surface area (Å²) in [6.07, 6.45) is 12.6. The first-order valence-corrected chi connectivity index (χ1v) is 30.0. The second-order valence-electron chi connectivity index (χ2n) is 22.1. The van der Waals surface area contributed by atoms with Crippen molar-refractivity contribution in [3.8, 4) is 39.1 Å². The van der Waals surface area contributed by atoms with E-state index in [9.17, 15) is 0 Å². The average Bonchev–Trinajstić information content (AvgIpc) is 4.40. The third kappa shape index (κ3) is 7.57. The van der Waals surface area contributed by atoms with Crippen molar-refractivity contribution in [1.82, 2.24) is 4.57 Å². The summed E-state index contributed by atoms with van der Waals surface area (Å²) >= 11 is 3.89. The number of allylic oxidation sites excluding steroid dienone is 5. The van der Waals surface area contributed by atoms with Gasteiger partial charge in [0.1, 0.15) is 0 Å². The maximum absolute atomic E-state index is 2.59. The van der Waals surface area contributed by atoms with Crippen LogP contribution in [0, 0.1) is 0 Å². The largest absolute Gasteiger partial charge is 0.309 e. The van der Waals surface area contributed by atoms with E-state index < -0.39 is 0 Å². The molecule has 3 heterocycles. The summed E-state index contributed by atoms with van der Waals surface area (Å²) in [6.45, 7) is 0. The molecule has 2 aliphatic rings. The number of fused-ring (bicyclic) bond motifs is 15. The Labute approximate surface area is 477 Å². The minimum Gasteiger partial charge on any atom is -0.309 e. The maximum Gasteiger partial charge on any atom is 0.0547 e. The van der Waals surface area contributed by atoms with Crippen molar-refractivity contribution in [2.45, 2.75) is 25.2 Å². The maximum atomic E-state index is 2.59. The molecule has 15 aromatic rings. The van der Waals surface area contributed by atoms with Crippen LogP contribution in [0.3, 0.4) is 0 Å². The molecule has 2 aliphatic carbocycles. The van der Waals surface area contributed by atoms with Gasteiger partial charge in [-0.05, 0) is 180 Å². The van der Waals surface area contributed by atoms with Gasteiger partial charge in [-0.3, -0.25) is 0 Å². The first kappa shape index (κ1) is 46.5. The van der Waals surface area contributed by atoms with Crippen molar-refractivity contribution >= 4 is 124 Å². The Morgan fingerprint density at radius 1 is 0.370 bits per heavy atom. The van der Waals surface area contributed by atoms with Crippen LogP contribution in [0.5, 0.6) is 0 Å². The quantitative estimate of drug-likeness (QED) is 0.140. The molecule has 0 amide bonds. The molecule has 0 fully saturated rings. The number of benzene rings is 12. The Kier molecular flexibility index (Phi) is 10.7. The molecule has 1 unspecified atom stereocenters. The summed E-state index contributed by atoms with van der Waals surface area (Å²) < 4.78 is 6.55. The Balaban J connectivity index is 0.911. The highest BCUT2D eigenvalue weighted by atomic mass is 32.1. The molecule has 0 spiro atoms. The van der Waals surface area contributed by atoms with Gasteiger partial charge < -0.3 is 4.57 Å². The molecule has 17 rings (SSSR count). The standard InChI is InChI=1S/C78H51NS2/c1-5-17-48(18-6-1)52-31-37-75-69(39-52)71-43-56(50-21-9-3-10-22-50)41-66(77(71)80-75)54-29-34-64-65-35-30-55(46-74(65)79(73(64)45-54)58-33-36-63-61-27-14-13-25-59(61)60-26-15-16-28-62(60)68(63)47-58)67-42-57(51-23-11-4-12-24-51)44-72-70-40-53(49-19-7-2-8-20-49)32-38-76(70)81-78(67)72/h1,3-7,9-40,42-47,66H,2,8,41H2. The third-order valence-electron chi connectivity index (χ3n) is 17.6. The summed E-state index contributed by atoms with van der Waals surface area (Å²) in [5.41, 5.74) is 18.9. The first-order valence-electron chi connectivity index (χ1n) is 28.4. The van der Waals surface area contributed by atoms with Crippen molar-refractivity contribution in [2.24, 2.45) is 0 Å². The summed E-state index contributed by atoms with van der Waals surface area (Å²) in [4.78, 5) is 1.44. The Bertz CT molecular complexity index is 5150. The van der Waals surface area contributed by atoms with Crippen molar-refractivity contribution in [1.29, 1.82) is 0 Å². The van der Waals surface area contributed by atoms with E-state index in [1.165, 1.54) is 156 Å². The molecule has 3 heteroatoms. The van der Waals surface area contributed by atoms with Crippen LogP contribution in [0.25, 0.3) is 141 Å². The van der Waals surface area contributed by atoms with Gasteiger partial charge >= 0.3 is 0 Å². The van der Waals surface area contributed by atoms with Crippen LogP contribution >= 0.6 is 22.7 Å².